The lowest BCUT2D eigenvalue weighted by Gasteiger charge is -2.05. The van der Waals surface area contributed by atoms with Crippen LogP contribution in [0.3, 0.4) is 0 Å². The lowest BCUT2D eigenvalue weighted by atomic mass is 10.2. The number of oxazole rings is 1. The van der Waals surface area contributed by atoms with E-state index in [9.17, 15) is 9.18 Å². The number of carboxylic acid groups (broad SMARTS) is 1. The van der Waals surface area contributed by atoms with Crippen LogP contribution in [0.2, 0.25) is 0 Å². The number of aromatic nitrogens is 1. The highest BCUT2D eigenvalue weighted by atomic mass is 19.1. The zero-order valence-electron chi connectivity index (χ0n) is 9.51. The molecule has 94 valence electrons. The second-order valence-electron chi connectivity index (χ2n) is 3.59. The summed E-state index contributed by atoms with van der Waals surface area (Å²) in [5.41, 5.74) is 0.220. The van der Waals surface area contributed by atoms with Gasteiger partial charge in [0.2, 0.25) is 0 Å². The number of carboxylic acids is 1. The molecule has 18 heavy (non-hydrogen) atoms. The third-order valence-corrected chi connectivity index (χ3v) is 2.39. The molecule has 0 aliphatic rings. The number of hydrogen-bond acceptors (Lipinski definition) is 4. The quantitative estimate of drug-likeness (QED) is 0.903. The van der Waals surface area contributed by atoms with E-state index in [0.29, 0.717) is 11.5 Å². The number of carbonyl (C=O) groups is 1. The fourth-order valence-corrected chi connectivity index (χ4v) is 1.38. The van der Waals surface area contributed by atoms with Crippen molar-refractivity contribution in [1.29, 1.82) is 0 Å². The van der Waals surface area contributed by atoms with E-state index < -0.39 is 11.8 Å². The van der Waals surface area contributed by atoms with E-state index in [0.717, 1.165) is 12.1 Å². The Hall–Kier alpha value is -2.37. The number of aromatic carboxylic acids is 1. The second-order valence-corrected chi connectivity index (χ2v) is 3.59. The molecular weight excluding hydrogens is 241 g/mol. The van der Waals surface area contributed by atoms with Gasteiger partial charge in [0.25, 0.3) is 0 Å². The van der Waals surface area contributed by atoms with Gasteiger partial charge < -0.3 is 14.3 Å². The van der Waals surface area contributed by atoms with Gasteiger partial charge in [0.05, 0.1) is 5.56 Å². The summed E-state index contributed by atoms with van der Waals surface area (Å²) in [6, 6.07) is 3.57. The molecule has 1 heterocycles. The van der Waals surface area contributed by atoms with E-state index in [1.807, 2.05) is 0 Å². The topological polar surface area (TPSA) is 72.6 Å². The van der Waals surface area contributed by atoms with Crippen molar-refractivity contribution < 1.29 is 23.4 Å². The highest BCUT2D eigenvalue weighted by molar-refractivity contribution is 5.88. The molecule has 0 atom stereocenters. The van der Waals surface area contributed by atoms with Gasteiger partial charge in [-0.2, -0.15) is 0 Å². The molecule has 2 aromatic rings. The Morgan fingerprint density at radius 3 is 2.89 bits per heavy atom. The fraction of sp³-hybridized carbons (Fsp3) is 0.167. The minimum atomic E-state index is -1.31. The van der Waals surface area contributed by atoms with Crippen molar-refractivity contribution in [3.8, 4) is 5.75 Å². The van der Waals surface area contributed by atoms with Gasteiger partial charge in [0, 0.05) is 6.07 Å². The van der Waals surface area contributed by atoms with Gasteiger partial charge in [0.1, 0.15) is 29.6 Å². The molecule has 0 spiro atoms. The molecule has 0 bridgehead atoms. The Labute approximate surface area is 102 Å². The van der Waals surface area contributed by atoms with Crippen LogP contribution in [0.5, 0.6) is 5.75 Å². The molecular formula is C12H10FNO4. The predicted octanol–water partition coefficient (Wildman–Crippen LogP) is 2.40. The molecule has 6 heteroatoms. The van der Waals surface area contributed by atoms with Crippen molar-refractivity contribution in [2.45, 2.75) is 13.5 Å². The second kappa shape index (κ2) is 4.87. The third kappa shape index (κ3) is 2.48. The Morgan fingerprint density at radius 2 is 2.33 bits per heavy atom. The molecule has 2 rings (SSSR count). The van der Waals surface area contributed by atoms with E-state index in [1.165, 1.54) is 12.5 Å². The van der Waals surface area contributed by atoms with Gasteiger partial charge in [-0.15, -0.1) is 0 Å². The fourth-order valence-electron chi connectivity index (χ4n) is 1.38. The summed E-state index contributed by atoms with van der Waals surface area (Å²) >= 11 is 0. The van der Waals surface area contributed by atoms with E-state index in [2.05, 4.69) is 4.98 Å². The molecule has 1 aromatic heterocycles. The van der Waals surface area contributed by atoms with Crippen LogP contribution in [0, 0.1) is 12.7 Å². The maximum Gasteiger partial charge on any atom is 0.338 e. The van der Waals surface area contributed by atoms with Crippen molar-refractivity contribution >= 4 is 5.97 Å². The summed E-state index contributed by atoms with van der Waals surface area (Å²) < 4.78 is 23.6. The number of ether oxygens (including phenoxy) is 1. The first kappa shape index (κ1) is 12.1. The lowest BCUT2D eigenvalue weighted by molar-refractivity contribution is 0.0692. The number of hydrogen-bond donors (Lipinski definition) is 1. The number of nitrogens with zero attached hydrogens (tertiary/aromatic N) is 1. The standard InChI is InChI=1S/C12H10FNO4/c1-7-11(14-6-18-7)5-17-8-2-3-9(12(15)16)10(13)4-8/h2-4,6H,5H2,1H3,(H,15,16). The summed E-state index contributed by atoms with van der Waals surface area (Å²) in [6.45, 7) is 1.87. The van der Waals surface area contributed by atoms with E-state index >= 15 is 0 Å². The molecule has 0 fully saturated rings. The van der Waals surface area contributed by atoms with Gasteiger partial charge in [-0.05, 0) is 19.1 Å². The Balaban J connectivity index is 2.09. The summed E-state index contributed by atoms with van der Waals surface area (Å²) in [7, 11) is 0. The average molecular weight is 251 g/mol. The maximum atomic E-state index is 13.4. The van der Waals surface area contributed by atoms with Crippen molar-refractivity contribution in [1.82, 2.24) is 4.98 Å². The predicted molar refractivity (Wildman–Crippen MR) is 58.9 cm³/mol. The van der Waals surface area contributed by atoms with Crippen LogP contribution < -0.4 is 4.74 Å². The number of benzene rings is 1. The minimum Gasteiger partial charge on any atom is -0.487 e. The molecule has 0 aliphatic heterocycles. The van der Waals surface area contributed by atoms with Crippen LogP contribution in [0.15, 0.2) is 29.0 Å². The molecule has 0 saturated carbocycles. The van der Waals surface area contributed by atoms with Crippen LogP contribution in [-0.2, 0) is 6.61 Å². The number of halogens is 1. The smallest absolute Gasteiger partial charge is 0.338 e. The van der Waals surface area contributed by atoms with Crippen molar-refractivity contribution in [2.75, 3.05) is 0 Å². The first-order valence-electron chi connectivity index (χ1n) is 5.12. The van der Waals surface area contributed by atoms with Crippen LogP contribution in [0.1, 0.15) is 21.8 Å². The minimum absolute atomic E-state index is 0.133. The zero-order valence-corrected chi connectivity index (χ0v) is 9.51. The van der Waals surface area contributed by atoms with Gasteiger partial charge in [-0.3, -0.25) is 0 Å². The van der Waals surface area contributed by atoms with Gasteiger partial charge >= 0.3 is 5.97 Å². The number of rotatable bonds is 4. The summed E-state index contributed by atoms with van der Waals surface area (Å²) in [4.78, 5) is 14.5. The average Bonchev–Trinajstić information content (AvgIpc) is 2.72. The van der Waals surface area contributed by atoms with Crippen molar-refractivity contribution in [3.05, 3.63) is 47.4 Å². The SMILES string of the molecule is Cc1ocnc1COc1ccc(C(=O)O)c(F)c1. The molecule has 0 radical (unpaired) electrons. The number of aryl methyl sites for hydroxylation is 1. The van der Waals surface area contributed by atoms with Crippen LogP contribution in [-0.4, -0.2) is 16.1 Å². The van der Waals surface area contributed by atoms with Gasteiger partial charge in [0.15, 0.2) is 6.39 Å². The molecule has 0 unspecified atom stereocenters. The molecule has 0 amide bonds. The summed E-state index contributed by atoms with van der Waals surface area (Å²) in [6.07, 6.45) is 1.29. The van der Waals surface area contributed by atoms with E-state index in [4.69, 9.17) is 14.3 Å². The Kier molecular flexibility index (Phi) is 3.27. The molecule has 1 N–H and O–H groups in total. The molecule has 5 nitrogen and oxygen atoms in total. The van der Waals surface area contributed by atoms with Gasteiger partial charge in [-0.1, -0.05) is 0 Å². The van der Waals surface area contributed by atoms with Gasteiger partial charge in [-0.25, -0.2) is 14.2 Å². The van der Waals surface area contributed by atoms with Crippen LogP contribution >= 0.6 is 0 Å². The summed E-state index contributed by atoms with van der Waals surface area (Å²) in [5.74, 6) is -1.29. The molecule has 0 saturated heterocycles. The van der Waals surface area contributed by atoms with Crippen molar-refractivity contribution in [3.63, 3.8) is 0 Å². The first-order chi connectivity index (χ1) is 8.58. The highest BCUT2D eigenvalue weighted by Crippen LogP contribution is 2.18. The Bertz CT molecular complexity index is 579. The molecule has 0 aliphatic carbocycles. The first-order valence-corrected chi connectivity index (χ1v) is 5.12. The van der Waals surface area contributed by atoms with E-state index in [-0.39, 0.29) is 17.9 Å². The molecule has 1 aromatic carbocycles. The van der Waals surface area contributed by atoms with Crippen LogP contribution in [0.25, 0.3) is 0 Å². The monoisotopic (exact) mass is 251 g/mol. The largest absolute Gasteiger partial charge is 0.487 e. The Morgan fingerprint density at radius 1 is 1.56 bits per heavy atom. The maximum absolute atomic E-state index is 13.4. The highest BCUT2D eigenvalue weighted by Gasteiger charge is 2.11. The summed E-state index contributed by atoms with van der Waals surface area (Å²) in [5, 5.41) is 8.67. The van der Waals surface area contributed by atoms with Crippen molar-refractivity contribution in [2.24, 2.45) is 0 Å². The lowest BCUT2D eigenvalue weighted by Crippen LogP contribution is -2.02. The zero-order chi connectivity index (χ0) is 13.1. The normalized spacial score (nSPS) is 10.3. The third-order valence-electron chi connectivity index (χ3n) is 2.39. The van der Waals surface area contributed by atoms with E-state index in [1.54, 1.807) is 6.92 Å². The van der Waals surface area contributed by atoms with Crippen LogP contribution in [0.4, 0.5) is 4.39 Å².